The molecule has 0 aromatic heterocycles. The molecule has 1 aliphatic heterocycles. The Labute approximate surface area is 106 Å². The molecule has 0 aliphatic carbocycles. The highest BCUT2D eigenvalue weighted by Crippen LogP contribution is 2.29. The van der Waals surface area contributed by atoms with Gasteiger partial charge >= 0.3 is 6.92 Å². The highest BCUT2D eigenvalue weighted by Gasteiger charge is 2.21. The lowest BCUT2D eigenvalue weighted by Gasteiger charge is -2.08. The Bertz CT molecular complexity index is 583. The number of fused-ring (bicyclic) bond motifs is 1. The molecule has 3 rings (SSSR count). The van der Waals surface area contributed by atoms with E-state index >= 15 is 0 Å². The Balaban J connectivity index is 1.95. The Morgan fingerprint density at radius 2 is 1.78 bits per heavy atom. The van der Waals surface area contributed by atoms with Crippen molar-refractivity contribution in [3.05, 3.63) is 48.0 Å². The lowest BCUT2D eigenvalue weighted by atomic mass is 9.56. The van der Waals surface area contributed by atoms with E-state index in [1.165, 1.54) is 0 Å². The number of rotatable bonds is 2. The molecule has 0 saturated carbocycles. The molecule has 2 aromatic rings. The molecule has 0 unspecified atom stereocenters. The van der Waals surface area contributed by atoms with Crippen LogP contribution in [0, 0.1) is 6.92 Å². The molecule has 0 fully saturated rings. The number of ether oxygens (including phenoxy) is 2. The van der Waals surface area contributed by atoms with Crippen LogP contribution in [0.25, 0.3) is 0 Å². The van der Waals surface area contributed by atoms with Crippen LogP contribution in [-0.2, 0) is 0 Å². The van der Waals surface area contributed by atoms with Crippen LogP contribution in [0.1, 0.15) is 5.56 Å². The van der Waals surface area contributed by atoms with Gasteiger partial charge in [-0.2, -0.15) is 0 Å². The fourth-order valence-corrected chi connectivity index (χ4v) is 2.12. The summed E-state index contributed by atoms with van der Waals surface area (Å²) < 4.78 is 10.6. The molecule has 0 bridgehead atoms. The lowest BCUT2D eigenvalue weighted by molar-refractivity contribution is 0.174. The van der Waals surface area contributed by atoms with Crippen LogP contribution in [0.15, 0.2) is 42.5 Å². The second-order valence-electron chi connectivity index (χ2n) is 4.43. The third-order valence-corrected chi connectivity index (χ3v) is 3.07. The maximum Gasteiger partial charge on any atom is 0.359 e. The van der Waals surface area contributed by atoms with Crippen molar-refractivity contribution < 1.29 is 14.5 Å². The van der Waals surface area contributed by atoms with E-state index in [1.807, 2.05) is 49.4 Å². The molecule has 4 heteroatoms. The monoisotopic (exact) mass is 240 g/mol. The Morgan fingerprint density at radius 3 is 2.61 bits per heavy atom. The molecule has 0 spiro atoms. The van der Waals surface area contributed by atoms with Gasteiger partial charge in [0, 0.05) is 0 Å². The first kappa shape index (κ1) is 11.2. The average Bonchev–Trinajstić information content (AvgIpc) is 2.85. The smallest absolute Gasteiger partial charge is 0.359 e. The fraction of sp³-hybridized carbons (Fsp3) is 0.143. The van der Waals surface area contributed by atoms with Crippen molar-refractivity contribution in [3.8, 4) is 11.5 Å². The van der Waals surface area contributed by atoms with Crippen molar-refractivity contribution in [1.29, 1.82) is 0 Å². The fourth-order valence-electron chi connectivity index (χ4n) is 2.12. The zero-order chi connectivity index (χ0) is 12.5. The minimum Gasteiger partial charge on any atom is -0.454 e. The van der Waals surface area contributed by atoms with E-state index < -0.39 is 6.92 Å². The van der Waals surface area contributed by atoms with Crippen LogP contribution in [0.5, 0.6) is 11.5 Å². The maximum absolute atomic E-state index is 10.4. The SMILES string of the molecule is Cc1cccc(B(O)c2ccc3c(c2)OCO3)c1. The molecule has 3 nitrogen and oxygen atoms in total. The average molecular weight is 240 g/mol. The zero-order valence-electron chi connectivity index (χ0n) is 10.1. The minimum atomic E-state index is -0.639. The molecular formula is C14H13BO3. The first-order valence-electron chi connectivity index (χ1n) is 5.88. The molecule has 1 aliphatic rings. The second kappa shape index (κ2) is 4.39. The summed E-state index contributed by atoms with van der Waals surface area (Å²) in [5.74, 6) is 1.43. The first-order chi connectivity index (χ1) is 8.74. The second-order valence-corrected chi connectivity index (χ2v) is 4.43. The number of hydrogen-bond acceptors (Lipinski definition) is 3. The topological polar surface area (TPSA) is 38.7 Å². The lowest BCUT2D eigenvalue weighted by Crippen LogP contribution is -2.42. The van der Waals surface area contributed by atoms with Crippen molar-refractivity contribution in [2.24, 2.45) is 0 Å². The first-order valence-corrected chi connectivity index (χ1v) is 5.88. The predicted octanol–water partition coefficient (Wildman–Crippen LogP) is 0.822. The summed E-state index contributed by atoms with van der Waals surface area (Å²) in [7, 11) is 0. The van der Waals surface area contributed by atoms with Crippen LogP contribution < -0.4 is 20.4 Å². The number of benzene rings is 2. The predicted molar refractivity (Wildman–Crippen MR) is 71.0 cm³/mol. The van der Waals surface area contributed by atoms with Gasteiger partial charge in [-0.3, -0.25) is 0 Å². The minimum absolute atomic E-state index is 0.249. The highest BCUT2D eigenvalue weighted by molar-refractivity contribution is 6.78. The van der Waals surface area contributed by atoms with Gasteiger partial charge in [-0.1, -0.05) is 35.9 Å². The summed E-state index contributed by atoms with van der Waals surface area (Å²) in [6.45, 7) is 1.62. The number of hydrogen-bond donors (Lipinski definition) is 1. The van der Waals surface area contributed by atoms with Gasteiger partial charge in [0.15, 0.2) is 11.5 Å². The molecule has 0 radical (unpaired) electrons. The quantitative estimate of drug-likeness (QED) is 0.790. The largest absolute Gasteiger partial charge is 0.454 e. The molecular weight excluding hydrogens is 227 g/mol. The molecule has 0 atom stereocenters. The van der Waals surface area contributed by atoms with E-state index in [0.717, 1.165) is 22.2 Å². The van der Waals surface area contributed by atoms with Crippen LogP contribution in [0.4, 0.5) is 0 Å². The van der Waals surface area contributed by atoms with Crippen LogP contribution in [-0.4, -0.2) is 18.7 Å². The van der Waals surface area contributed by atoms with Crippen molar-refractivity contribution in [2.45, 2.75) is 6.92 Å². The normalized spacial score (nSPS) is 12.6. The van der Waals surface area contributed by atoms with Crippen LogP contribution >= 0.6 is 0 Å². The molecule has 90 valence electrons. The van der Waals surface area contributed by atoms with Gasteiger partial charge in [0.1, 0.15) is 0 Å². The summed E-state index contributed by atoms with van der Waals surface area (Å²) in [5.41, 5.74) is 2.83. The van der Waals surface area contributed by atoms with Crippen LogP contribution in [0.3, 0.4) is 0 Å². The molecule has 1 N–H and O–H groups in total. The van der Waals surface area contributed by atoms with Gasteiger partial charge in [0.2, 0.25) is 6.79 Å². The zero-order valence-corrected chi connectivity index (χ0v) is 10.1. The van der Waals surface area contributed by atoms with Gasteiger partial charge in [-0.15, -0.1) is 0 Å². The molecule has 2 aromatic carbocycles. The molecule has 1 heterocycles. The van der Waals surface area contributed by atoms with Gasteiger partial charge < -0.3 is 14.5 Å². The standard InChI is InChI=1S/C14H13BO3/c1-10-3-2-4-11(7-10)15(16)12-5-6-13-14(8-12)18-9-17-13/h2-8,16H,9H2,1H3. The van der Waals surface area contributed by atoms with Crippen molar-refractivity contribution in [2.75, 3.05) is 6.79 Å². The van der Waals surface area contributed by atoms with Crippen molar-refractivity contribution in [1.82, 2.24) is 0 Å². The van der Waals surface area contributed by atoms with Gasteiger partial charge in [-0.25, -0.2) is 0 Å². The summed E-state index contributed by atoms with van der Waals surface area (Å²) in [5, 5.41) is 10.4. The van der Waals surface area contributed by atoms with E-state index in [9.17, 15) is 5.02 Å². The summed E-state index contributed by atoms with van der Waals surface area (Å²) in [4.78, 5) is 0. The van der Waals surface area contributed by atoms with E-state index in [-0.39, 0.29) is 6.79 Å². The van der Waals surface area contributed by atoms with Gasteiger partial charge in [-0.05, 0) is 30.0 Å². The van der Waals surface area contributed by atoms with E-state index in [1.54, 1.807) is 0 Å². The van der Waals surface area contributed by atoms with E-state index in [4.69, 9.17) is 9.47 Å². The van der Waals surface area contributed by atoms with Gasteiger partial charge in [0.05, 0.1) is 0 Å². The highest BCUT2D eigenvalue weighted by atomic mass is 16.7. The summed E-state index contributed by atoms with van der Waals surface area (Å²) >= 11 is 0. The van der Waals surface area contributed by atoms with Crippen molar-refractivity contribution >= 4 is 17.8 Å². The Kier molecular flexibility index (Phi) is 2.72. The van der Waals surface area contributed by atoms with Crippen LogP contribution in [0.2, 0.25) is 0 Å². The van der Waals surface area contributed by atoms with E-state index in [0.29, 0.717) is 5.75 Å². The third kappa shape index (κ3) is 1.95. The summed E-state index contributed by atoms with van der Waals surface area (Å²) in [6, 6.07) is 13.4. The number of aryl methyl sites for hydroxylation is 1. The Hall–Kier alpha value is -1.94. The molecule has 18 heavy (non-hydrogen) atoms. The molecule has 0 amide bonds. The summed E-state index contributed by atoms with van der Waals surface area (Å²) in [6.07, 6.45) is 0. The van der Waals surface area contributed by atoms with Gasteiger partial charge in [0.25, 0.3) is 0 Å². The third-order valence-electron chi connectivity index (χ3n) is 3.07. The van der Waals surface area contributed by atoms with Crippen molar-refractivity contribution in [3.63, 3.8) is 0 Å². The molecule has 0 saturated heterocycles. The van der Waals surface area contributed by atoms with E-state index in [2.05, 4.69) is 0 Å². The Morgan fingerprint density at radius 1 is 1.00 bits per heavy atom. The maximum atomic E-state index is 10.4.